The molecule has 3 N–H and O–H groups in total. The van der Waals surface area contributed by atoms with Crippen molar-refractivity contribution in [3.05, 3.63) is 115 Å². The Bertz CT molecular complexity index is 2090. The highest BCUT2D eigenvalue weighted by molar-refractivity contribution is 6.04. The molecule has 41 heavy (non-hydrogen) atoms. The van der Waals surface area contributed by atoms with Gasteiger partial charge < -0.3 is 10.3 Å². The van der Waals surface area contributed by atoms with Crippen molar-refractivity contribution in [2.45, 2.75) is 0 Å². The van der Waals surface area contributed by atoms with Crippen molar-refractivity contribution in [1.82, 2.24) is 30.1 Å². The average Bonchev–Trinajstić information content (AvgIpc) is 3.62. The van der Waals surface area contributed by atoms with Gasteiger partial charge in [0, 0.05) is 34.5 Å². The van der Waals surface area contributed by atoms with Gasteiger partial charge in [-0.2, -0.15) is 5.10 Å². The maximum absolute atomic E-state index is 15.3. The number of benzene rings is 3. The largest absolute Gasteiger partial charge is 0.321 e. The average molecular weight is 544 g/mol. The van der Waals surface area contributed by atoms with Gasteiger partial charge in [0.15, 0.2) is 11.5 Å². The molecule has 8 nitrogen and oxygen atoms in total. The van der Waals surface area contributed by atoms with Crippen LogP contribution in [0.5, 0.6) is 0 Å². The predicted molar refractivity (Wildman–Crippen MR) is 152 cm³/mol. The second kappa shape index (κ2) is 9.76. The molecule has 1 amide bonds. The number of halogens is 2. The predicted octanol–water partition coefficient (Wildman–Crippen LogP) is 6.76. The normalized spacial score (nSPS) is 11.3. The fraction of sp³-hybridized carbons (Fsp3) is 0. The molecule has 0 aliphatic rings. The van der Waals surface area contributed by atoms with Crippen LogP contribution < -0.4 is 5.32 Å². The molecule has 0 atom stereocenters. The van der Waals surface area contributed by atoms with Crippen LogP contribution in [-0.4, -0.2) is 36.0 Å². The summed E-state index contributed by atoms with van der Waals surface area (Å²) in [5.74, 6) is -0.770. The summed E-state index contributed by atoms with van der Waals surface area (Å²) in [6.07, 6.45) is 4.73. The number of pyridine rings is 2. The number of anilines is 1. The Morgan fingerprint density at radius 1 is 0.854 bits per heavy atom. The Labute approximate surface area is 231 Å². The Hall–Kier alpha value is -5.77. The fourth-order valence-corrected chi connectivity index (χ4v) is 4.80. The minimum absolute atomic E-state index is 0.212. The van der Waals surface area contributed by atoms with Crippen molar-refractivity contribution in [3.63, 3.8) is 0 Å². The molecule has 4 aromatic heterocycles. The van der Waals surface area contributed by atoms with E-state index < -0.39 is 5.82 Å². The first-order valence-electron chi connectivity index (χ1n) is 12.6. The van der Waals surface area contributed by atoms with Crippen LogP contribution in [0.3, 0.4) is 0 Å². The van der Waals surface area contributed by atoms with Gasteiger partial charge in [0.05, 0.1) is 11.9 Å². The topological polar surface area (TPSA) is 112 Å². The minimum Gasteiger partial charge on any atom is -0.321 e. The molecule has 10 heteroatoms. The van der Waals surface area contributed by atoms with Gasteiger partial charge in [-0.3, -0.25) is 14.9 Å². The minimum atomic E-state index is -0.510. The van der Waals surface area contributed by atoms with Crippen LogP contribution in [0.2, 0.25) is 0 Å². The van der Waals surface area contributed by atoms with Gasteiger partial charge in [0.1, 0.15) is 28.4 Å². The third kappa shape index (κ3) is 4.47. The first kappa shape index (κ1) is 24.3. The molecule has 3 aromatic carbocycles. The number of aromatic nitrogens is 6. The van der Waals surface area contributed by atoms with E-state index in [2.05, 4.69) is 30.5 Å². The molecule has 0 radical (unpaired) electrons. The van der Waals surface area contributed by atoms with Crippen LogP contribution in [0.1, 0.15) is 10.4 Å². The number of aromatic amines is 2. The fourth-order valence-electron chi connectivity index (χ4n) is 4.80. The van der Waals surface area contributed by atoms with Crippen molar-refractivity contribution >= 4 is 33.7 Å². The Kier molecular flexibility index (Phi) is 5.78. The number of carbonyl (C=O) groups is 1. The molecular formula is C31H19F2N7O. The number of nitrogens with one attached hydrogen (secondary N) is 3. The Morgan fingerprint density at radius 2 is 1.73 bits per heavy atom. The molecule has 0 aliphatic heterocycles. The van der Waals surface area contributed by atoms with E-state index in [0.717, 1.165) is 0 Å². The molecule has 198 valence electrons. The van der Waals surface area contributed by atoms with Crippen LogP contribution in [0.15, 0.2) is 97.5 Å². The third-order valence-corrected chi connectivity index (χ3v) is 6.73. The molecule has 0 aliphatic carbocycles. The summed E-state index contributed by atoms with van der Waals surface area (Å²) in [5.41, 5.74) is 5.10. The lowest BCUT2D eigenvalue weighted by atomic mass is 10.0. The van der Waals surface area contributed by atoms with Gasteiger partial charge in [-0.25, -0.2) is 18.7 Å². The van der Waals surface area contributed by atoms with E-state index >= 15 is 4.39 Å². The number of hydrogen-bond donors (Lipinski definition) is 3. The summed E-state index contributed by atoms with van der Waals surface area (Å²) >= 11 is 0. The second-order valence-electron chi connectivity index (χ2n) is 9.39. The highest BCUT2D eigenvalue weighted by Crippen LogP contribution is 2.34. The van der Waals surface area contributed by atoms with E-state index in [1.807, 2.05) is 6.07 Å². The maximum atomic E-state index is 15.3. The van der Waals surface area contributed by atoms with Crippen molar-refractivity contribution in [2.24, 2.45) is 0 Å². The molecule has 0 bridgehead atoms. The first-order valence-corrected chi connectivity index (χ1v) is 12.6. The van der Waals surface area contributed by atoms with Crippen LogP contribution in [0.25, 0.3) is 55.8 Å². The van der Waals surface area contributed by atoms with Gasteiger partial charge >= 0.3 is 0 Å². The summed E-state index contributed by atoms with van der Waals surface area (Å²) < 4.78 is 29.2. The van der Waals surface area contributed by atoms with E-state index in [1.54, 1.807) is 67.0 Å². The number of rotatable bonds is 5. The summed E-state index contributed by atoms with van der Waals surface area (Å²) in [5, 5.41) is 10.4. The lowest BCUT2D eigenvalue weighted by Gasteiger charge is -2.08. The van der Waals surface area contributed by atoms with E-state index in [-0.39, 0.29) is 17.2 Å². The van der Waals surface area contributed by atoms with Gasteiger partial charge in [0.25, 0.3) is 5.91 Å². The number of fused-ring (bicyclic) bond motifs is 2. The lowest BCUT2D eigenvalue weighted by Crippen LogP contribution is -2.11. The number of H-pyrrole nitrogens is 2. The van der Waals surface area contributed by atoms with E-state index in [0.29, 0.717) is 61.6 Å². The zero-order valence-electron chi connectivity index (χ0n) is 21.2. The zero-order valence-corrected chi connectivity index (χ0v) is 21.2. The summed E-state index contributed by atoms with van der Waals surface area (Å²) in [4.78, 5) is 29.1. The van der Waals surface area contributed by atoms with Gasteiger partial charge in [0.2, 0.25) is 0 Å². The van der Waals surface area contributed by atoms with Crippen LogP contribution in [0, 0.1) is 11.6 Å². The number of hydrogen-bond acceptors (Lipinski definition) is 5. The Morgan fingerprint density at radius 3 is 2.59 bits per heavy atom. The van der Waals surface area contributed by atoms with Crippen LogP contribution in [-0.2, 0) is 0 Å². The molecule has 0 unspecified atom stereocenters. The monoisotopic (exact) mass is 543 g/mol. The van der Waals surface area contributed by atoms with Crippen molar-refractivity contribution in [2.75, 3.05) is 5.32 Å². The highest BCUT2D eigenvalue weighted by Gasteiger charge is 2.19. The molecule has 7 rings (SSSR count). The van der Waals surface area contributed by atoms with Gasteiger partial charge in [-0.15, -0.1) is 0 Å². The Balaban J connectivity index is 1.28. The molecule has 7 aromatic rings. The van der Waals surface area contributed by atoms with Crippen LogP contribution >= 0.6 is 0 Å². The number of imidazole rings is 1. The molecule has 0 fully saturated rings. The number of nitrogens with zero attached hydrogens (tertiary/aromatic N) is 4. The van der Waals surface area contributed by atoms with Gasteiger partial charge in [-0.05, 0) is 59.7 Å². The summed E-state index contributed by atoms with van der Waals surface area (Å²) in [7, 11) is 0. The number of carbonyl (C=O) groups excluding carboxylic acids is 1. The highest BCUT2D eigenvalue weighted by atomic mass is 19.1. The lowest BCUT2D eigenvalue weighted by molar-refractivity contribution is 0.102. The molecule has 0 spiro atoms. The standard InChI is InChI=1S/C31H19F2N7O/c32-21-8-4-7-18(11-21)23-9-10-35-29-27(23)37-30(38-29)28-24-13-19(14-25(33)26(24)39-40-28)20-12-22(16-34-15-20)36-31(41)17-5-2-1-3-6-17/h1-16H,(H,36,41)(H,39,40)(H,35,37,38). The van der Waals surface area contributed by atoms with Gasteiger partial charge in [-0.1, -0.05) is 30.3 Å². The molecule has 0 saturated carbocycles. The smallest absolute Gasteiger partial charge is 0.255 e. The van der Waals surface area contributed by atoms with E-state index in [4.69, 9.17) is 4.98 Å². The molecule has 0 saturated heterocycles. The zero-order chi connectivity index (χ0) is 27.9. The summed E-state index contributed by atoms with van der Waals surface area (Å²) in [6.45, 7) is 0. The first-order chi connectivity index (χ1) is 20.0. The van der Waals surface area contributed by atoms with Crippen molar-refractivity contribution in [3.8, 4) is 33.8 Å². The SMILES string of the molecule is O=C(Nc1cncc(-c2cc(F)c3[nH]nc(-c4nc5c(-c6cccc(F)c6)ccnc5[nH]4)c3c2)c1)c1ccccc1. The third-order valence-electron chi connectivity index (χ3n) is 6.73. The van der Waals surface area contributed by atoms with Crippen molar-refractivity contribution in [1.29, 1.82) is 0 Å². The van der Waals surface area contributed by atoms with Crippen molar-refractivity contribution < 1.29 is 13.6 Å². The maximum Gasteiger partial charge on any atom is 0.255 e. The van der Waals surface area contributed by atoms with Crippen LogP contribution in [0.4, 0.5) is 14.5 Å². The van der Waals surface area contributed by atoms with E-state index in [1.165, 1.54) is 24.4 Å². The number of amides is 1. The quantitative estimate of drug-likeness (QED) is 0.222. The summed E-state index contributed by atoms with van der Waals surface area (Å²) in [6, 6.07) is 21.7. The molecule has 4 heterocycles. The second-order valence-corrected chi connectivity index (χ2v) is 9.39. The molecular weight excluding hydrogens is 524 g/mol. The van der Waals surface area contributed by atoms with E-state index in [9.17, 15) is 9.18 Å².